The molecule has 1 aliphatic heterocycles. The van der Waals surface area contributed by atoms with Crippen LogP contribution in [0.3, 0.4) is 0 Å². The van der Waals surface area contributed by atoms with Crippen molar-refractivity contribution >= 4 is 11.8 Å². The molecule has 1 saturated heterocycles. The topological polar surface area (TPSA) is 67.1 Å². The SMILES string of the molecule is Cc1cc(NC(C)CN2CCCC2)nc(N)n1. The molecule has 3 N–H and O–H groups in total. The van der Waals surface area contributed by atoms with Crippen molar-refractivity contribution < 1.29 is 0 Å². The first-order valence-corrected chi connectivity index (χ1v) is 6.23. The lowest BCUT2D eigenvalue weighted by Gasteiger charge is -2.21. The van der Waals surface area contributed by atoms with E-state index in [9.17, 15) is 0 Å². The average Bonchev–Trinajstić information content (AvgIpc) is 2.67. The summed E-state index contributed by atoms with van der Waals surface area (Å²) in [6.07, 6.45) is 2.65. The van der Waals surface area contributed by atoms with Crippen LogP contribution < -0.4 is 11.1 Å². The number of aromatic nitrogens is 2. The summed E-state index contributed by atoms with van der Waals surface area (Å²) in [5, 5.41) is 3.38. The van der Waals surface area contributed by atoms with E-state index < -0.39 is 0 Å². The molecule has 1 unspecified atom stereocenters. The number of nitrogens with two attached hydrogens (primary N) is 1. The first-order chi connectivity index (χ1) is 8.13. The number of nitrogens with zero attached hydrogens (tertiary/aromatic N) is 3. The number of rotatable bonds is 4. The molecule has 0 radical (unpaired) electrons. The Balaban J connectivity index is 1.90. The highest BCUT2D eigenvalue weighted by atomic mass is 15.2. The molecule has 0 aromatic carbocycles. The van der Waals surface area contributed by atoms with Crippen LogP contribution in [0.2, 0.25) is 0 Å². The predicted molar refractivity (Wildman–Crippen MR) is 69.9 cm³/mol. The number of anilines is 2. The van der Waals surface area contributed by atoms with Crippen LogP contribution in [-0.4, -0.2) is 40.5 Å². The number of aryl methyl sites for hydroxylation is 1. The van der Waals surface area contributed by atoms with Gasteiger partial charge in [-0.2, -0.15) is 4.98 Å². The van der Waals surface area contributed by atoms with Gasteiger partial charge in [-0.05, 0) is 39.8 Å². The standard InChI is InChI=1S/C12H21N5/c1-9-7-11(16-12(13)15-9)14-10(2)8-17-5-3-4-6-17/h7,10H,3-6,8H2,1-2H3,(H3,13,14,15,16). The maximum Gasteiger partial charge on any atom is 0.222 e. The molecule has 1 atom stereocenters. The fourth-order valence-corrected chi connectivity index (χ4v) is 2.32. The van der Waals surface area contributed by atoms with Gasteiger partial charge in [0.1, 0.15) is 5.82 Å². The lowest BCUT2D eigenvalue weighted by Crippen LogP contribution is -2.33. The summed E-state index contributed by atoms with van der Waals surface area (Å²) in [5.74, 6) is 1.16. The summed E-state index contributed by atoms with van der Waals surface area (Å²) in [4.78, 5) is 10.7. The van der Waals surface area contributed by atoms with Crippen LogP contribution in [0.5, 0.6) is 0 Å². The smallest absolute Gasteiger partial charge is 0.222 e. The van der Waals surface area contributed by atoms with Gasteiger partial charge in [-0.3, -0.25) is 0 Å². The molecule has 94 valence electrons. The first kappa shape index (κ1) is 12.1. The van der Waals surface area contributed by atoms with E-state index in [1.54, 1.807) is 0 Å². The molecule has 1 aromatic heterocycles. The summed E-state index contributed by atoms with van der Waals surface area (Å²) in [6.45, 7) is 7.59. The summed E-state index contributed by atoms with van der Waals surface area (Å²) in [5.41, 5.74) is 6.52. The summed E-state index contributed by atoms with van der Waals surface area (Å²) in [6, 6.07) is 2.30. The minimum Gasteiger partial charge on any atom is -0.368 e. The predicted octanol–water partition coefficient (Wildman–Crippen LogP) is 1.26. The molecule has 0 spiro atoms. The van der Waals surface area contributed by atoms with Crippen molar-refractivity contribution in [1.29, 1.82) is 0 Å². The van der Waals surface area contributed by atoms with Gasteiger partial charge < -0.3 is 16.0 Å². The van der Waals surface area contributed by atoms with Crippen molar-refractivity contribution in [3.8, 4) is 0 Å². The largest absolute Gasteiger partial charge is 0.368 e. The van der Waals surface area contributed by atoms with Gasteiger partial charge in [0.25, 0.3) is 0 Å². The molecule has 0 bridgehead atoms. The third-order valence-electron chi connectivity index (χ3n) is 3.00. The Kier molecular flexibility index (Phi) is 3.78. The molecule has 2 rings (SSSR count). The molecule has 5 nitrogen and oxygen atoms in total. The average molecular weight is 235 g/mol. The Bertz CT molecular complexity index is 353. The Morgan fingerprint density at radius 1 is 1.41 bits per heavy atom. The zero-order chi connectivity index (χ0) is 12.3. The molecule has 0 saturated carbocycles. The minimum atomic E-state index is 0.334. The van der Waals surface area contributed by atoms with Crippen molar-refractivity contribution in [2.75, 3.05) is 30.7 Å². The molecular weight excluding hydrogens is 214 g/mol. The van der Waals surface area contributed by atoms with E-state index in [0.717, 1.165) is 18.1 Å². The van der Waals surface area contributed by atoms with Crippen LogP contribution in [0.1, 0.15) is 25.5 Å². The van der Waals surface area contributed by atoms with Crippen LogP contribution in [-0.2, 0) is 0 Å². The van der Waals surface area contributed by atoms with Gasteiger partial charge in [0.2, 0.25) is 5.95 Å². The molecule has 1 fully saturated rings. The van der Waals surface area contributed by atoms with Crippen molar-refractivity contribution in [2.24, 2.45) is 0 Å². The molecule has 17 heavy (non-hydrogen) atoms. The molecule has 0 amide bonds. The highest BCUT2D eigenvalue weighted by Gasteiger charge is 2.14. The van der Waals surface area contributed by atoms with E-state index in [-0.39, 0.29) is 0 Å². The Labute approximate surface area is 102 Å². The van der Waals surface area contributed by atoms with Crippen LogP contribution in [0.15, 0.2) is 6.07 Å². The van der Waals surface area contributed by atoms with Crippen LogP contribution in [0.4, 0.5) is 11.8 Å². The highest BCUT2D eigenvalue weighted by Crippen LogP contribution is 2.11. The molecule has 1 aromatic rings. The van der Waals surface area contributed by atoms with Crippen molar-refractivity contribution in [2.45, 2.75) is 32.7 Å². The molecule has 1 aliphatic rings. The Morgan fingerprint density at radius 2 is 2.12 bits per heavy atom. The van der Waals surface area contributed by atoms with Gasteiger partial charge in [-0.25, -0.2) is 4.98 Å². The first-order valence-electron chi connectivity index (χ1n) is 6.23. The normalized spacial score (nSPS) is 18.2. The van der Waals surface area contributed by atoms with E-state index in [0.29, 0.717) is 12.0 Å². The monoisotopic (exact) mass is 235 g/mol. The number of likely N-dealkylation sites (tertiary alicyclic amines) is 1. The fraction of sp³-hybridized carbons (Fsp3) is 0.667. The summed E-state index contributed by atoms with van der Waals surface area (Å²) < 4.78 is 0. The van der Waals surface area contributed by atoms with Gasteiger partial charge in [0.05, 0.1) is 0 Å². The van der Waals surface area contributed by atoms with Gasteiger partial charge in [-0.1, -0.05) is 0 Å². The molecule has 0 aliphatic carbocycles. The van der Waals surface area contributed by atoms with E-state index in [1.807, 2.05) is 13.0 Å². The zero-order valence-electron chi connectivity index (χ0n) is 10.6. The zero-order valence-corrected chi connectivity index (χ0v) is 10.6. The van der Waals surface area contributed by atoms with Gasteiger partial charge in [0.15, 0.2) is 0 Å². The second-order valence-electron chi connectivity index (χ2n) is 4.81. The van der Waals surface area contributed by atoms with E-state index in [1.165, 1.54) is 25.9 Å². The van der Waals surface area contributed by atoms with Crippen molar-refractivity contribution in [1.82, 2.24) is 14.9 Å². The fourth-order valence-electron chi connectivity index (χ4n) is 2.32. The number of hydrogen-bond acceptors (Lipinski definition) is 5. The van der Waals surface area contributed by atoms with Gasteiger partial charge in [-0.15, -0.1) is 0 Å². The van der Waals surface area contributed by atoms with Gasteiger partial charge >= 0.3 is 0 Å². The van der Waals surface area contributed by atoms with E-state index >= 15 is 0 Å². The Hall–Kier alpha value is -1.36. The quantitative estimate of drug-likeness (QED) is 0.822. The summed E-state index contributed by atoms with van der Waals surface area (Å²) >= 11 is 0. The van der Waals surface area contributed by atoms with Crippen LogP contribution >= 0.6 is 0 Å². The molecule has 5 heteroatoms. The highest BCUT2D eigenvalue weighted by molar-refractivity contribution is 5.40. The minimum absolute atomic E-state index is 0.334. The Morgan fingerprint density at radius 3 is 2.76 bits per heavy atom. The second-order valence-corrected chi connectivity index (χ2v) is 4.81. The number of nitrogens with one attached hydrogen (secondary N) is 1. The third-order valence-corrected chi connectivity index (χ3v) is 3.00. The molecule has 2 heterocycles. The van der Waals surface area contributed by atoms with E-state index in [2.05, 4.69) is 27.1 Å². The maximum atomic E-state index is 5.63. The maximum absolute atomic E-state index is 5.63. The molecular formula is C12H21N5. The second kappa shape index (κ2) is 5.31. The van der Waals surface area contributed by atoms with Crippen molar-refractivity contribution in [3.05, 3.63) is 11.8 Å². The van der Waals surface area contributed by atoms with Crippen molar-refractivity contribution in [3.63, 3.8) is 0 Å². The number of hydrogen-bond donors (Lipinski definition) is 2. The number of nitrogen functional groups attached to an aromatic ring is 1. The van der Waals surface area contributed by atoms with Gasteiger partial charge in [0, 0.05) is 24.3 Å². The van der Waals surface area contributed by atoms with Crippen LogP contribution in [0, 0.1) is 6.92 Å². The lowest BCUT2D eigenvalue weighted by molar-refractivity contribution is 0.327. The van der Waals surface area contributed by atoms with E-state index in [4.69, 9.17) is 5.73 Å². The third kappa shape index (κ3) is 3.56. The summed E-state index contributed by atoms with van der Waals surface area (Å²) in [7, 11) is 0. The lowest BCUT2D eigenvalue weighted by atomic mass is 10.3. The van der Waals surface area contributed by atoms with Crippen LogP contribution in [0.25, 0.3) is 0 Å².